The van der Waals surface area contributed by atoms with Crippen LogP contribution in [-0.2, 0) is 0 Å². The molecule has 0 atom stereocenters. The summed E-state index contributed by atoms with van der Waals surface area (Å²) in [7, 11) is 0. The molecule has 0 aliphatic carbocycles. The van der Waals surface area contributed by atoms with Crippen molar-refractivity contribution in [3.63, 3.8) is 0 Å². The van der Waals surface area contributed by atoms with Crippen molar-refractivity contribution in [1.29, 1.82) is 0 Å². The maximum atomic E-state index is 12.7. The van der Waals surface area contributed by atoms with Gasteiger partial charge in [-0.1, -0.05) is 46.3 Å². The smallest absolute Gasteiger partial charge is 0.267 e. The van der Waals surface area contributed by atoms with E-state index in [9.17, 15) is 4.79 Å². The van der Waals surface area contributed by atoms with E-state index >= 15 is 0 Å². The van der Waals surface area contributed by atoms with Crippen LogP contribution in [0.15, 0.2) is 71.9 Å². The highest BCUT2D eigenvalue weighted by atomic mass is 79.9. The fourth-order valence-electron chi connectivity index (χ4n) is 2.42. The van der Waals surface area contributed by atoms with Crippen LogP contribution in [-0.4, -0.2) is 25.7 Å². The average molecular weight is 426 g/mol. The van der Waals surface area contributed by atoms with Gasteiger partial charge in [0.15, 0.2) is 0 Å². The van der Waals surface area contributed by atoms with Gasteiger partial charge in [-0.05, 0) is 18.2 Å². The molecule has 4 rings (SSSR count). The van der Waals surface area contributed by atoms with Gasteiger partial charge in [0.1, 0.15) is 22.5 Å². The lowest BCUT2D eigenvalue weighted by Crippen LogP contribution is -2.12. The van der Waals surface area contributed by atoms with E-state index in [1.807, 2.05) is 48.5 Å². The van der Waals surface area contributed by atoms with Crippen molar-refractivity contribution in [3.8, 4) is 16.3 Å². The Morgan fingerprint density at radius 1 is 1.15 bits per heavy atom. The Morgan fingerprint density at radius 2 is 2.00 bits per heavy atom. The Hall–Kier alpha value is -2.84. The van der Waals surface area contributed by atoms with Crippen LogP contribution < -0.4 is 5.32 Å². The number of carbonyl (C=O) groups is 1. The van der Waals surface area contributed by atoms with Gasteiger partial charge in [0.2, 0.25) is 0 Å². The molecule has 0 bridgehead atoms. The number of nitrogens with zero attached hydrogens (tertiary/aromatic N) is 4. The maximum absolute atomic E-state index is 12.7. The molecular formula is C18H12BrN5OS. The van der Waals surface area contributed by atoms with Gasteiger partial charge < -0.3 is 5.32 Å². The van der Waals surface area contributed by atoms with Crippen molar-refractivity contribution in [3.05, 3.63) is 76.7 Å². The molecule has 1 N–H and O–H groups in total. The standard InChI is InChI=1S/C18H12BrN5OS/c19-13-6-7-15(24-11-20-10-22-24)14(8-13)23-17(25)16-9-21-18(26-16)12-4-2-1-3-5-12/h1-11H,(H,23,25). The number of nitrogens with one attached hydrogen (secondary N) is 1. The largest absolute Gasteiger partial charge is 0.319 e. The Labute approximate surface area is 161 Å². The number of halogens is 1. The molecule has 0 saturated heterocycles. The van der Waals surface area contributed by atoms with Crippen molar-refractivity contribution in [1.82, 2.24) is 19.7 Å². The van der Waals surface area contributed by atoms with E-state index < -0.39 is 0 Å². The number of rotatable bonds is 4. The van der Waals surface area contributed by atoms with Gasteiger partial charge in [-0.15, -0.1) is 11.3 Å². The number of thiazole rings is 1. The number of hydrogen-bond donors (Lipinski definition) is 1. The molecule has 2 aromatic heterocycles. The highest BCUT2D eigenvalue weighted by Gasteiger charge is 2.15. The molecule has 0 spiro atoms. The highest BCUT2D eigenvalue weighted by molar-refractivity contribution is 9.10. The van der Waals surface area contributed by atoms with Crippen LogP contribution >= 0.6 is 27.3 Å². The van der Waals surface area contributed by atoms with Crippen LogP contribution in [0.2, 0.25) is 0 Å². The van der Waals surface area contributed by atoms with E-state index in [4.69, 9.17) is 0 Å². The zero-order valence-corrected chi connectivity index (χ0v) is 15.7. The minimum Gasteiger partial charge on any atom is -0.319 e. The lowest BCUT2D eigenvalue weighted by atomic mass is 10.2. The van der Waals surface area contributed by atoms with Gasteiger partial charge in [-0.25, -0.2) is 14.6 Å². The zero-order chi connectivity index (χ0) is 17.9. The molecule has 6 nitrogen and oxygen atoms in total. The van der Waals surface area contributed by atoms with Gasteiger partial charge in [0.25, 0.3) is 5.91 Å². The second-order valence-corrected chi connectivity index (χ2v) is 7.30. The summed E-state index contributed by atoms with van der Waals surface area (Å²) in [6.45, 7) is 0. The van der Waals surface area contributed by atoms with E-state index in [-0.39, 0.29) is 5.91 Å². The minimum atomic E-state index is -0.218. The number of aromatic nitrogens is 4. The van der Waals surface area contributed by atoms with Crippen LogP contribution in [0.25, 0.3) is 16.3 Å². The monoisotopic (exact) mass is 425 g/mol. The Balaban J connectivity index is 1.61. The molecule has 0 fully saturated rings. The predicted molar refractivity (Wildman–Crippen MR) is 105 cm³/mol. The van der Waals surface area contributed by atoms with Crippen molar-refractivity contribution in [2.75, 3.05) is 5.32 Å². The topological polar surface area (TPSA) is 72.7 Å². The second-order valence-electron chi connectivity index (χ2n) is 5.35. The molecule has 128 valence electrons. The zero-order valence-electron chi connectivity index (χ0n) is 13.3. The Morgan fingerprint density at radius 3 is 2.77 bits per heavy atom. The predicted octanol–water partition coefficient (Wildman–Crippen LogP) is 4.41. The van der Waals surface area contributed by atoms with Crippen molar-refractivity contribution in [2.45, 2.75) is 0 Å². The molecule has 4 aromatic rings. The van der Waals surface area contributed by atoms with Crippen LogP contribution in [0.4, 0.5) is 5.69 Å². The second kappa shape index (κ2) is 7.19. The van der Waals surface area contributed by atoms with Crippen molar-refractivity contribution < 1.29 is 4.79 Å². The first-order chi connectivity index (χ1) is 12.7. The molecule has 2 aromatic carbocycles. The lowest BCUT2D eigenvalue weighted by molar-refractivity contribution is 0.103. The van der Waals surface area contributed by atoms with Crippen molar-refractivity contribution >= 4 is 38.9 Å². The average Bonchev–Trinajstić information content (AvgIpc) is 3.35. The van der Waals surface area contributed by atoms with Gasteiger partial charge in [0, 0.05) is 10.0 Å². The molecular weight excluding hydrogens is 414 g/mol. The summed E-state index contributed by atoms with van der Waals surface area (Å²) in [5.74, 6) is -0.218. The summed E-state index contributed by atoms with van der Waals surface area (Å²) >= 11 is 4.79. The molecule has 1 amide bonds. The number of carbonyl (C=O) groups excluding carboxylic acids is 1. The lowest BCUT2D eigenvalue weighted by Gasteiger charge is -2.10. The third kappa shape index (κ3) is 3.42. The van der Waals surface area contributed by atoms with E-state index in [0.29, 0.717) is 10.6 Å². The maximum Gasteiger partial charge on any atom is 0.267 e. The molecule has 0 aliphatic heterocycles. The van der Waals surface area contributed by atoms with Crippen LogP contribution in [0.1, 0.15) is 9.67 Å². The molecule has 8 heteroatoms. The van der Waals surface area contributed by atoms with E-state index in [2.05, 4.69) is 36.3 Å². The molecule has 0 radical (unpaired) electrons. The van der Waals surface area contributed by atoms with Gasteiger partial charge in [0.05, 0.1) is 17.6 Å². The molecule has 2 heterocycles. The molecule has 0 unspecified atom stereocenters. The normalized spacial score (nSPS) is 10.7. The van der Waals surface area contributed by atoms with E-state index in [1.54, 1.807) is 17.2 Å². The van der Waals surface area contributed by atoms with Crippen LogP contribution in [0.3, 0.4) is 0 Å². The fourth-order valence-corrected chi connectivity index (χ4v) is 3.60. The summed E-state index contributed by atoms with van der Waals surface area (Å²) in [5, 5.41) is 7.87. The number of hydrogen-bond acceptors (Lipinski definition) is 5. The number of amides is 1. The Bertz CT molecular complexity index is 1050. The highest BCUT2D eigenvalue weighted by Crippen LogP contribution is 2.28. The van der Waals surface area contributed by atoms with Gasteiger partial charge in [-0.2, -0.15) is 5.10 Å². The Kier molecular flexibility index (Phi) is 4.59. The van der Waals surface area contributed by atoms with Gasteiger partial charge in [-0.3, -0.25) is 4.79 Å². The summed E-state index contributed by atoms with van der Waals surface area (Å²) < 4.78 is 2.45. The third-order valence-electron chi connectivity index (χ3n) is 3.62. The fraction of sp³-hybridized carbons (Fsp3) is 0. The first-order valence-corrected chi connectivity index (χ1v) is 9.29. The minimum absolute atomic E-state index is 0.218. The SMILES string of the molecule is O=C(Nc1cc(Br)ccc1-n1cncn1)c1cnc(-c2ccccc2)s1. The number of benzene rings is 2. The molecule has 0 saturated carbocycles. The van der Waals surface area contributed by atoms with E-state index in [1.165, 1.54) is 17.7 Å². The summed E-state index contributed by atoms with van der Waals surface area (Å²) in [6.07, 6.45) is 4.62. The summed E-state index contributed by atoms with van der Waals surface area (Å²) in [6, 6.07) is 15.3. The van der Waals surface area contributed by atoms with Crippen LogP contribution in [0.5, 0.6) is 0 Å². The number of anilines is 1. The summed E-state index contributed by atoms with van der Waals surface area (Å²) in [4.78, 5) is 21.5. The quantitative estimate of drug-likeness (QED) is 0.525. The molecule has 26 heavy (non-hydrogen) atoms. The van der Waals surface area contributed by atoms with E-state index in [0.717, 1.165) is 20.7 Å². The van der Waals surface area contributed by atoms with Crippen LogP contribution in [0, 0.1) is 0 Å². The third-order valence-corrected chi connectivity index (χ3v) is 5.16. The van der Waals surface area contributed by atoms with Gasteiger partial charge >= 0.3 is 0 Å². The summed E-state index contributed by atoms with van der Waals surface area (Å²) in [5.41, 5.74) is 2.35. The molecule has 0 aliphatic rings. The first-order valence-electron chi connectivity index (χ1n) is 7.68. The first kappa shape index (κ1) is 16.6. The van der Waals surface area contributed by atoms with Crippen molar-refractivity contribution in [2.24, 2.45) is 0 Å².